The maximum absolute atomic E-state index is 12.2. The average molecular weight is 389 g/mol. The Morgan fingerprint density at radius 3 is 2.75 bits per heavy atom. The first-order valence-corrected chi connectivity index (χ1v) is 10.2. The summed E-state index contributed by atoms with van der Waals surface area (Å²) in [6, 6.07) is 0. The highest BCUT2D eigenvalue weighted by molar-refractivity contribution is 5.90. The SMILES string of the molecule is C=CC1=C(CO)C2ON=C(CCC3CCN(C(=O)OC(C)(C)C)CC3)C2C=C1. The number of carbonyl (C=O) groups is 1. The van der Waals surface area contributed by atoms with Crippen molar-refractivity contribution in [2.24, 2.45) is 17.0 Å². The monoisotopic (exact) mass is 388 g/mol. The van der Waals surface area contributed by atoms with Gasteiger partial charge in [0.15, 0.2) is 6.10 Å². The maximum atomic E-state index is 12.2. The number of hydrogen-bond donors (Lipinski definition) is 1. The van der Waals surface area contributed by atoms with Gasteiger partial charge in [-0.2, -0.15) is 0 Å². The number of carbonyl (C=O) groups excluding carboxylic acids is 1. The standard InChI is InChI=1S/C22H32N2O4/c1-5-16-7-8-17-19(23-28-20(17)18(16)14-25)9-6-15-10-12-24(13-11-15)21(26)27-22(2,3)4/h5,7-8,15,17,20,25H,1,6,9-14H2,2-4H3. The molecular weight excluding hydrogens is 356 g/mol. The Morgan fingerprint density at radius 2 is 2.14 bits per heavy atom. The number of fused-ring (bicyclic) bond motifs is 1. The highest BCUT2D eigenvalue weighted by Gasteiger charge is 2.37. The Kier molecular flexibility index (Phi) is 6.28. The molecule has 0 bridgehead atoms. The van der Waals surface area contributed by atoms with Gasteiger partial charge in [-0.05, 0) is 57.9 Å². The summed E-state index contributed by atoms with van der Waals surface area (Å²) in [5.74, 6) is 0.678. The molecule has 0 spiro atoms. The predicted molar refractivity (Wildman–Crippen MR) is 109 cm³/mol. The summed E-state index contributed by atoms with van der Waals surface area (Å²) in [5.41, 5.74) is 2.37. The fraction of sp³-hybridized carbons (Fsp3) is 0.636. The van der Waals surface area contributed by atoms with Crippen molar-refractivity contribution >= 4 is 11.8 Å². The summed E-state index contributed by atoms with van der Waals surface area (Å²) >= 11 is 0. The van der Waals surface area contributed by atoms with Gasteiger partial charge in [0.05, 0.1) is 18.2 Å². The molecule has 2 aliphatic heterocycles. The zero-order valence-corrected chi connectivity index (χ0v) is 17.2. The number of amides is 1. The van der Waals surface area contributed by atoms with Crippen molar-refractivity contribution in [3.63, 3.8) is 0 Å². The van der Waals surface area contributed by atoms with Crippen LogP contribution in [0.3, 0.4) is 0 Å². The van der Waals surface area contributed by atoms with Crippen LogP contribution in [-0.4, -0.2) is 53.2 Å². The first-order valence-electron chi connectivity index (χ1n) is 10.2. The largest absolute Gasteiger partial charge is 0.444 e. The Labute approximate surface area is 167 Å². The van der Waals surface area contributed by atoms with E-state index in [0.29, 0.717) is 5.92 Å². The van der Waals surface area contributed by atoms with Crippen molar-refractivity contribution in [2.45, 2.75) is 58.2 Å². The number of oxime groups is 1. The number of allylic oxidation sites excluding steroid dienone is 3. The minimum absolute atomic E-state index is 0.0429. The molecule has 2 heterocycles. The van der Waals surface area contributed by atoms with Crippen LogP contribution in [0.1, 0.15) is 46.5 Å². The lowest BCUT2D eigenvalue weighted by Crippen LogP contribution is -2.41. The molecule has 1 amide bonds. The van der Waals surface area contributed by atoms with E-state index in [-0.39, 0.29) is 24.7 Å². The number of hydrogen-bond acceptors (Lipinski definition) is 5. The predicted octanol–water partition coefficient (Wildman–Crippen LogP) is 3.83. The molecule has 2 atom stereocenters. The summed E-state index contributed by atoms with van der Waals surface area (Å²) < 4.78 is 5.46. The Hall–Kier alpha value is -2.08. The molecule has 0 saturated carbocycles. The highest BCUT2D eigenvalue weighted by Crippen LogP contribution is 2.35. The molecular formula is C22H32N2O4. The van der Waals surface area contributed by atoms with Gasteiger partial charge >= 0.3 is 6.09 Å². The summed E-state index contributed by atoms with van der Waals surface area (Å²) in [6.07, 6.45) is 9.33. The number of ether oxygens (including phenoxy) is 1. The third kappa shape index (κ3) is 4.66. The third-order valence-electron chi connectivity index (χ3n) is 5.66. The van der Waals surface area contributed by atoms with Crippen molar-refractivity contribution in [1.82, 2.24) is 4.90 Å². The van der Waals surface area contributed by atoms with Gasteiger partial charge in [-0.25, -0.2) is 4.79 Å². The van der Waals surface area contributed by atoms with Crippen LogP contribution in [0.5, 0.6) is 0 Å². The minimum Gasteiger partial charge on any atom is -0.444 e. The lowest BCUT2D eigenvalue weighted by Gasteiger charge is -2.33. The molecule has 1 aliphatic carbocycles. The van der Waals surface area contributed by atoms with Gasteiger partial charge in [-0.1, -0.05) is 30.0 Å². The number of rotatable bonds is 5. The molecule has 28 heavy (non-hydrogen) atoms. The second-order valence-corrected chi connectivity index (χ2v) is 8.79. The van der Waals surface area contributed by atoms with Gasteiger partial charge in [0.25, 0.3) is 0 Å². The van der Waals surface area contributed by atoms with Crippen LogP contribution in [0, 0.1) is 11.8 Å². The molecule has 0 aromatic rings. The summed E-state index contributed by atoms with van der Waals surface area (Å²) in [4.78, 5) is 19.6. The molecule has 1 N–H and O–H groups in total. The van der Waals surface area contributed by atoms with Gasteiger partial charge in [-0.15, -0.1) is 0 Å². The van der Waals surface area contributed by atoms with E-state index in [1.54, 1.807) is 6.08 Å². The van der Waals surface area contributed by atoms with Crippen LogP contribution < -0.4 is 0 Å². The number of aliphatic hydroxyl groups excluding tert-OH is 1. The van der Waals surface area contributed by atoms with Crippen LogP contribution in [0.25, 0.3) is 0 Å². The fourth-order valence-corrected chi connectivity index (χ4v) is 4.07. The van der Waals surface area contributed by atoms with Crippen molar-refractivity contribution in [2.75, 3.05) is 19.7 Å². The first kappa shape index (κ1) is 20.6. The molecule has 3 aliphatic rings. The summed E-state index contributed by atoms with van der Waals surface area (Å²) in [6.45, 7) is 10.9. The summed E-state index contributed by atoms with van der Waals surface area (Å²) in [5, 5.41) is 14.0. The van der Waals surface area contributed by atoms with Gasteiger partial charge in [-0.3, -0.25) is 0 Å². The van der Waals surface area contributed by atoms with Crippen molar-refractivity contribution in [3.05, 3.63) is 36.0 Å². The highest BCUT2D eigenvalue weighted by atomic mass is 16.6. The lowest BCUT2D eigenvalue weighted by molar-refractivity contribution is 0.0182. The molecule has 6 heteroatoms. The second-order valence-electron chi connectivity index (χ2n) is 8.79. The molecule has 0 aromatic heterocycles. The molecule has 2 unspecified atom stereocenters. The minimum atomic E-state index is -0.452. The Balaban J connectivity index is 1.47. The van der Waals surface area contributed by atoms with E-state index in [1.165, 1.54) is 0 Å². The molecule has 1 fully saturated rings. The normalized spacial score (nSPS) is 25.3. The zero-order valence-electron chi connectivity index (χ0n) is 17.2. The van der Waals surface area contributed by atoms with Gasteiger partial charge < -0.3 is 19.6 Å². The topological polar surface area (TPSA) is 71.4 Å². The van der Waals surface area contributed by atoms with Crippen molar-refractivity contribution in [1.29, 1.82) is 0 Å². The fourth-order valence-electron chi connectivity index (χ4n) is 4.07. The van der Waals surface area contributed by atoms with E-state index in [9.17, 15) is 9.90 Å². The molecule has 1 saturated heterocycles. The van der Waals surface area contributed by atoms with E-state index in [1.807, 2.05) is 31.7 Å². The molecule has 3 rings (SSSR count). The van der Waals surface area contributed by atoms with E-state index in [0.717, 1.165) is 55.6 Å². The van der Waals surface area contributed by atoms with Crippen LogP contribution in [0.15, 0.2) is 41.1 Å². The second kappa shape index (κ2) is 8.52. The maximum Gasteiger partial charge on any atom is 0.410 e. The average Bonchev–Trinajstić information content (AvgIpc) is 3.07. The van der Waals surface area contributed by atoms with Crippen molar-refractivity contribution in [3.8, 4) is 0 Å². The van der Waals surface area contributed by atoms with E-state index >= 15 is 0 Å². The van der Waals surface area contributed by atoms with Crippen LogP contribution in [0.4, 0.5) is 4.79 Å². The van der Waals surface area contributed by atoms with E-state index in [2.05, 4.69) is 17.8 Å². The van der Waals surface area contributed by atoms with Crippen LogP contribution >= 0.6 is 0 Å². The Morgan fingerprint density at radius 1 is 1.43 bits per heavy atom. The third-order valence-corrected chi connectivity index (χ3v) is 5.66. The molecule has 154 valence electrons. The quantitative estimate of drug-likeness (QED) is 0.777. The molecule has 6 nitrogen and oxygen atoms in total. The molecule has 0 radical (unpaired) electrons. The van der Waals surface area contributed by atoms with Crippen LogP contribution in [-0.2, 0) is 9.57 Å². The number of aliphatic hydroxyl groups is 1. The van der Waals surface area contributed by atoms with Gasteiger partial charge in [0.1, 0.15) is 5.60 Å². The smallest absolute Gasteiger partial charge is 0.410 e. The lowest BCUT2D eigenvalue weighted by atomic mass is 9.82. The van der Waals surface area contributed by atoms with E-state index < -0.39 is 5.60 Å². The van der Waals surface area contributed by atoms with Gasteiger partial charge in [0.2, 0.25) is 0 Å². The van der Waals surface area contributed by atoms with E-state index in [4.69, 9.17) is 9.57 Å². The van der Waals surface area contributed by atoms with Crippen molar-refractivity contribution < 1.29 is 19.5 Å². The first-order chi connectivity index (χ1) is 13.3. The number of nitrogens with zero attached hydrogens (tertiary/aromatic N) is 2. The summed E-state index contributed by atoms with van der Waals surface area (Å²) in [7, 11) is 0. The molecule has 0 aromatic carbocycles. The van der Waals surface area contributed by atoms with Gasteiger partial charge in [0, 0.05) is 18.7 Å². The van der Waals surface area contributed by atoms with Crippen LogP contribution in [0.2, 0.25) is 0 Å². The number of likely N-dealkylation sites (tertiary alicyclic amines) is 1. The number of piperidine rings is 1. The Bertz CT molecular complexity index is 694. The zero-order chi connectivity index (χ0) is 20.3.